The summed E-state index contributed by atoms with van der Waals surface area (Å²) in [7, 11) is 0. The monoisotopic (exact) mass is 452 g/mol. The molecule has 1 nitrogen and oxygen atoms in total. The van der Waals surface area contributed by atoms with Gasteiger partial charge in [0.15, 0.2) is 0 Å². The van der Waals surface area contributed by atoms with Crippen molar-refractivity contribution >= 4 is 42.0 Å². The van der Waals surface area contributed by atoms with E-state index >= 15 is 0 Å². The Morgan fingerprint density at radius 2 is 1.36 bits per heavy atom. The minimum absolute atomic E-state index is 0.665. The number of hydrogen-bond donors (Lipinski definition) is 0. The zero-order chi connectivity index (χ0) is 16.4. The second kappa shape index (κ2) is 11.0. The van der Waals surface area contributed by atoms with Crippen molar-refractivity contribution in [3.05, 3.63) is 28.2 Å². The van der Waals surface area contributed by atoms with Crippen LogP contribution in [0.25, 0.3) is 0 Å². The van der Waals surface area contributed by atoms with E-state index in [1.54, 1.807) is 6.07 Å². The molecule has 1 aromatic rings. The average Bonchev–Trinajstić information content (AvgIpc) is 2.51. The van der Waals surface area contributed by atoms with Gasteiger partial charge in [-0.1, -0.05) is 0 Å². The Hall–Kier alpha value is 0.399. The van der Waals surface area contributed by atoms with Crippen LogP contribution in [0.4, 0.5) is 0 Å². The molecule has 0 unspecified atom stereocenters. The molecular weight excluding hydrogens is 422 g/mol. The number of benzene rings is 1. The molecule has 0 spiro atoms. The average molecular weight is 452 g/mol. The fourth-order valence-corrected chi connectivity index (χ4v) is 16.8. The summed E-state index contributed by atoms with van der Waals surface area (Å²) in [5.41, 5.74) is 0. The van der Waals surface area contributed by atoms with Crippen LogP contribution >= 0.6 is 23.2 Å². The molecular formula is C18H30Cl2OSn. The summed E-state index contributed by atoms with van der Waals surface area (Å²) in [6, 6.07) is 5.65. The second-order valence-corrected chi connectivity index (χ2v) is 18.6. The van der Waals surface area contributed by atoms with Gasteiger partial charge < -0.3 is 0 Å². The van der Waals surface area contributed by atoms with Crippen LogP contribution in [0.15, 0.2) is 18.2 Å². The Labute approximate surface area is 151 Å². The van der Waals surface area contributed by atoms with Gasteiger partial charge in [0.1, 0.15) is 0 Å². The first-order valence-electron chi connectivity index (χ1n) is 8.71. The molecule has 0 aromatic heterocycles. The van der Waals surface area contributed by atoms with E-state index in [-0.39, 0.29) is 0 Å². The van der Waals surface area contributed by atoms with Crippen LogP contribution < -0.4 is 3.07 Å². The third-order valence-electron chi connectivity index (χ3n) is 4.18. The van der Waals surface area contributed by atoms with Gasteiger partial charge in [-0.05, 0) is 0 Å². The fourth-order valence-electron chi connectivity index (χ4n) is 2.82. The molecule has 0 saturated carbocycles. The SMILES string of the molecule is CCC[CH2][Sn]([CH2]CCC)([CH2]CCC)[O]c1ccc(Cl)cc1Cl. The Balaban J connectivity index is 2.97. The van der Waals surface area contributed by atoms with E-state index in [0.29, 0.717) is 10.0 Å². The van der Waals surface area contributed by atoms with Gasteiger partial charge in [-0.15, -0.1) is 0 Å². The van der Waals surface area contributed by atoms with Gasteiger partial charge >= 0.3 is 152 Å². The van der Waals surface area contributed by atoms with Gasteiger partial charge in [-0.25, -0.2) is 0 Å². The van der Waals surface area contributed by atoms with Crippen molar-refractivity contribution in [2.45, 2.75) is 72.6 Å². The normalized spacial score (nSPS) is 11.7. The van der Waals surface area contributed by atoms with E-state index in [0.717, 1.165) is 5.75 Å². The van der Waals surface area contributed by atoms with E-state index in [2.05, 4.69) is 20.8 Å². The zero-order valence-corrected chi connectivity index (χ0v) is 18.6. The molecule has 126 valence electrons. The standard InChI is InChI=1S/C6H4Cl2O.3C4H9.Sn/c7-4-1-2-6(9)5(8)3-4;3*1-3-4-2;/h1-3,9H;3*1,3-4H2,2H3;/q;;;;+1/p-1. The summed E-state index contributed by atoms with van der Waals surface area (Å²) in [4.78, 5) is 0. The number of hydrogen-bond acceptors (Lipinski definition) is 1. The van der Waals surface area contributed by atoms with Gasteiger partial charge in [-0.3, -0.25) is 0 Å². The van der Waals surface area contributed by atoms with Crippen molar-refractivity contribution in [2.24, 2.45) is 0 Å². The molecule has 22 heavy (non-hydrogen) atoms. The fraction of sp³-hybridized carbons (Fsp3) is 0.667. The minimum atomic E-state index is -2.64. The van der Waals surface area contributed by atoms with E-state index in [1.165, 1.54) is 51.8 Å². The first-order chi connectivity index (χ1) is 10.6. The van der Waals surface area contributed by atoms with E-state index in [4.69, 9.17) is 26.3 Å². The van der Waals surface area contributed by atoms with Crippen molar-refractivity contribution in [1.29, 1.82) is 0 Å². The van der Waals surface area contributed by atoms with Gasteiger partial charge in [0.2, 0.25) is 0 Å². The van der Waals surface area contributed by atoms with E-state index < -0.39 is 18.8 Å². The number of rotatable bonds is 11. The molecule has 0 aliphatic heterocycles. The maximum absolute atomic E-state index is 6.71. The van der Waals surface area contributed by atoms with Gasteiger partial charge in [-0.2, -0.15) is 0 Å². The zero-order valence-electron chi connectivity index (χ0n) is 14.3. The van der Waals surface area contributed by atoms with Gasteiger partial charge in [0.05, 0.1) is 0 Å². The third-order valence-corrected chi connectivity index (χ3v) is 17.4. The van der Waals surface area contributed by atoms with Crippen LogP contribution in [0, 0.1) is 0 Å². The van der Waals surface area contributed by atoms with Crippen LogP contribution in [0.3, 0.4) is 0 Å². The van der Waals surface area contributed by atoms with Crippen LogP contribution in [-0.2, 0) is 0 Å². The molecule has 1 rings (SSSR count). The molecule has 0 atom stereocenters. The summed E-state index contributed by atoms with van der Waals surface area (Å²) >= 11 is 9.74. The van der Waals surface area contributed by atoms with E-state index in [1.807, 2.05) is 12.1 Å². The first-order valence-corrected chi connectivity index (χ1v) is 16.7. The molecule has 0 N–H and O–H groups in total. The molecule has 0 heterocycles. The molecule has 0 bridgehead atoms. The number of halogens is 2. The van der Waals surface area contributed by atoms with E-state index in [9.17, 15) is 0 Å². The van der Waals surface area contributed by atoms with Crippen LogP contribution in [-0.4, -0.2) is 18.8 Å². The van der Waals surface area contributed by atoms with Crippen LogP contribution in [0.2, 0.25) is 23.4 Å². The summed E-state index contributed by atoms with van der Waals surface area (Å²) in [5.74, 6) is 0.866. The van der Waals surface area contributed by atoms with Crippen molar-refractivity contribution in [1.82, 2.24) is 0 Å². The van der Waals surface area contributed by atoms with Crippen LogP contribution in [0.1, 0.15) is 59.3 Å². The van der Waals surface area contributed by atoms with Crippen molar-refractivity contribution in [3.8, 4) is 5.75 Å². The van der Waals surface area contributed by atoms with Crippen molar-refractivity contribution < 1.29 is 3.07 Å². The Morgan fingerprint density at radius 1 is 0.864 bits per heavy atom. The molecule has 0 fully saturated rings. The van der Waals surface area contributed by atoms with Gasteiger partial charge in [0, 0.05) is 0 Å². The quantitative estimate of drug-likeness (QED) is 0.313. The molecule has 0 aliphatic rings. The first kappa shape index (κ1) is 20.4. The van der Waals surface area contributed by atoms with Crippen molar-refractivity contribution in [2.75, 3.05) is 0 Å². The molecule has 0 saturated heterocycles. The molecule has 4 heteroatoms. The molecule has 0 amide bonds. The summed E-state index contributed by atoms with van der Waals surface area (Å²) in [6.07, 6.45) is 7.59. The maximum atomic E-state index is 6.71. The Kier molecular flexibility index (Phi) is 10.3. The Bertz CT molecular complexity index is 415. The predicted octanol–water partition coefficient (Wildman–Crippen LogP) is 7.72. The summed E-state index contributed by atoms with van der Waals surface area (Å²) < 4.78 is 10.6. The van der Waals surface area contributed by atoms with Crippen LogP contribution in [0.5, 0.6) is 5.75 Å². The van der Waals surface area contributed by atoms with Gasteiger partial charge in [0.25, 0.3) is 0 Å². The molecule has 0 radical (unpaired) electrons. The van der Waals surface area contributed by atoms with Crippen molar-refractivity contribution in [3.63, 3.8) is 0 Å². The summed E-state index contributed by atoms with van der Waals surface area (Å²) in [6.45, 7) is 6.81. The number of unbranched alkanes of at least 4 members (excludes halogenated alkanes) is 3. The topological polar surface area (TPSA) is 9.23 Å². The second-order valence-electron chi connectivity index (χ2n) is 6.17. The predicted molar refractivity (Wildman–Crippen MR) is 102 cm³/mol. The summed E-state index contributed by atoms with van der Waals surface area (Å²) in [5, 5.41) is 1.34. The molecule has 1 aromatic carbocycles. The Morgan fingerprint density at radius 3 is 1.77 bits per heavy atom. The third kappa shape index (κ3) is 6.88. The molecule has 0 aliphatic carbocycles.